The first-order valence-corrected chi connectivity index (χ1v) is 7.00. The molecule has 0 bridgehead atoms. The van der Waals surface area contributed by atoms with Crippen LogP contribution in [0.25, 0.3) is 0 Å². The van der Waals surface area contributed by atoms with Gasteiger partial charge in [-0.25, -0.2) is 0 Å². The molecule has 0 saturated heterocycles. The van der Waals surface area contributed by atoms with Gasteiger partial charge < -0.3 is 5.32 Å². The van der Waals surface area contributed by atoms with Crippen LogP contribution in [0.3, 0.4) is 0 Å². The molecular weight excluding hydrogens is 249 g/mol. The monoisotopic (exact) mass is 271 g/mol. The molecule has 1 aromatic carbocycles. The predicted octanol–water partition coefficient (Wildman–Crippen LogP) is 2.50. The van der Waals surface area contributed by atoms with Crippen molar-refractivity contribution >= 4 is 20.0 Å². The predicted molar refractivity (Wildman–Crippen MR) is 82.4 cm³/mol. The normalized spacial score (nSPS) is 13.6. The van der Waals surface area contributed by atoms with E-state index in [0.29, 0.717) is 12.9 Å². The van der Waals surface area contributed by atoms with E-state index in [1.807, 2.05) is 25.1 Å². The number of hydrogen-bond donors (Lipinski definition) is 1. The summed E-state index contributed by atoms with van der Waals surface area (Å²) in [6.07, 6.45) is 2.23. The van der Waals surface area contributed by atoms with E-state index in [1.165, 1.54) is 6.92 Å². The summed E-state index contributed by atoms with van der Waals surface area (Å²) in [5.41, 5.74) is 2.83. The zero-order valence-electron chi connectivity index (χ0n) is 12.5. The molecule has 0 heterocycles. The summed E-state index contributed by atoms with van der Waals surface area (Å²) in [4.78, 5) is 22.1. The Morgan fingerprint density at radius 3 is 2.65 bits per heavy atom. The Labute approximate surface area is 122 Å². The Morgan fingerprint density at radius 1 is 1.40 bits per heavy atom. The van der Waals surface area contributed by atoms with Crippen molar-refractivity contribution in [3.63, 3.8) is 0 Å². The Hall–Kier alpha value is -1.58. The fraction of sp³-hybridized carbons (Fsp3) is 0.500. The Morgan fingerprint density at radius 2 is 2.10 bits per heavy atom. The third kappa shape index (κ3) is 4.84. The number of benzene rings is 1. The Kier molecular flexibility index (Phi) is 6.49. The molecule has 1 amide bonds. The topological polar surface area (TPSA) is 46.2 Å². The number of hydrogen-bond acceptors (Lipinski definition) is 2. The molecule has 0 aliphatic heterocycles. The lowest BCUT2D eigenvalue weighted by molar-refractivity contribution is -0.119. The van der Waals surface area contributed by atoms with Gasteiger partial charge in [0.1, 0.15) is 6.29 Å². The first-order chi connectivity index (χ1) is 9.47. The van der Waals surface area contributed by atoms with Crippen LogP contribution in [0.4, 0.5) is 0 Å². The van der Waals surface area contributed by atoms with Crippen LogP contribution in [0.15, 0.2) is 18.2 Å². The van der Waals surface area contributed by atoms with Crippen LogP contribution in [0.5, 0.6) is 0 Å². The van der Waals surface area contributed by atoms with E-state index in [4.69, 9.17) is 7.85 Å². The molecule has 106 valence electrons. The molecule has 0 fully saturated rings. The van der Waals surface area contributed by atoms with Gasteiger partial charge in [-0.05, 0) is 35.4 Å². The van der Waals surface area contributed by atoms with Gasteiger partial charge >= 0.3 is 0 Å². The summed E-state index contributed by atoms with van der Waals surface area (Å²) in [5, 5.41) is 2.80. The molecule has 1 unspecified atom stereocenters. The van der Waals surface area contributed by atoms with Crippen LogP contribution in [0.1, 0.15) is 48.2 Å². The van der Waals surface area contributed by atoms with E-state index in [1.54, 1.807) is 0 Å². The average Bonchev–Trinajstić information content (AvgIpc) is 2.44. The van der Waals surface area contributed by atoms with Crippen molar-refractivity contribution in [3.8, 4) is 0 Å². The maximum absolute atomic E-state index is 11.2. The molecule has 3 nitrogen and oxygen atoms in total. The highest BCUT2D eigenvalue weighted by Crippen LogP contribution is 2.22. The van der Waals surface area contributed by atoms with Gasteiger partial charge in [-0.1, -0.05) is 32.3 Å². The van der Waals surface area contributed by atoms with Crippen molar-refractivity contribution in [1.82, 2.24) is 5.32 Å². The number of carbonyl (C=O) groups is 2. The third-order valence-electron chi connectivity index (χ3n) is 3.49. The van der Waals surface area contributed by atoms with E-state index < -0.39 is 0 Å². The molecule has 4 heteroatoms. The summed E-state index contributed by atoms with van der Waals surface area (Å²) in [6, 6.07) is 5.95. The molecule has 0 aliphatic carbocycles. The number of nitrogens with one attached hydrogen (secondary N) is 1. The molecule has 0 aliphatic rings. The summed E-state index contributed by atoms with van der Waals surface area (Å²) in [7, 11) is 5.65. The molecular formula is C16H22BNO2. The summed E-state index contributed by atoms with van der Waals surface area (Å²) in [6.45, 7) is 6.23. The van der Waals surface area contributed by atoms with Crippen molar-refractivity contribution in [2.75, 3.05) is 6.54 Å². The van der Waals surface area contributed by atoms with Crippen LogP contribution in [-0.2, 0) is 11.2 Å². The molecule has 0 aromatic heterocycles. The van der Waals surface area contributed by atoms with Crippen molar-refractivity contribution in [2.24, 2.45) is 5.92 Å². The largest absolute Gasteiger partial charge is 0.356 e. The minimum atomic E-state index is -0.0282. The number of amides is 1. The number of aldehydes is 1. The van der Waals surface area contributed by atoms with E-state index in [2.05, 4.69) is 12.2 Å². The maximum Gasteiger partial charge on any atom is 0.216 e. The quantitative estimate of drug-likeness (QED) is 0.611. The zero-order chi connectivity index (χ0) is 15.1. The van der Waals surface area contributed by atoms with Crippen LogP contribution in [-0.4, -0.2) is 26.6 Å². The average molecular weight is 271 g/mol. The Balaban J connectivity index is 2.79. The second kappa shape index (κ2) is 7.88. The second-order valence-electron chi connectivity index (χ2n) is 5.46. The lowest BCUT2D eigenvalue weighted by atomic mass is 9.85. The van der Waals surface area contributed by atoms with Gasteiger partial charge in [-0.15, -0.1) is 0 Å². The first kappa shape index (κ1) is 16.5. The van der Waals surface area contributed by atoms with Gasteiger partial charge in [0.25, 0.3) is 0 Å². The van der Waals surface area contributed by atoms with Crippen LogP contribution < -0.4 is 5.32 Å². The fourth-order valence-electron chi connectivity index (χ4n) is 2.12. The van der Waals surface area contributed by atoms with Gasteiger partial charge in [0.2, 0.25) is 5.91 Å². The second-order valence-corrected chi connectivity index (χ2v) is 5.46. The lowest BCUT2D eigenvalue weighted by Gasteiger charge is -2.16. The van der Waals surface area contributed by atoms with Gasteiger partial charge in [0.05, 0.1) is 7.85 Å². The molecule has 20 heavy (non-hydrogen) atoms. The number of rotatable bonds is 7. The molecule has 1 N–H and O–H groups in total. The highest BCUT2D eigenvalue weighted by atomic mass is 16.1. The van der Waals surface area contributed by atoms with Crippen LogP contribution in [0.2, 0.25) is 6.32 Å². The third-order valence-corrected chi connectivity index (χ3v) is 3.49. The van der Waals surface area contributed by atoms with Gasteiger partial charge in [0, 0.05) is 19.0 Å². The SMILES string of the molecule is [B]C[C@H](C)c1ccc(CC(C)CNC(C)=O)c(C=O)c1. The first-order valence-electron chi connectivity index (χ1n) is 7.00. The van der Waals surface area contributed by atoms with Crippen LogP contribution >= 0.6 is 0 Å². The fourth-order valence-corrected chi connectivity index (χ4v) is 2.12. The molecule has 0 spiro atoms. The molecule has 0 saturated carbocycles. The molecule has 2 radical (unpaired) electrons. The Bertz CT molecular complexity index is 474. The molecule has 1 rings (SSSR count). The molecule has 1 aromatic rings. The summed E-state index contributed by atoms with van der Waals surface area (Å²) in [5.74, 6) is 0.509. The molecule has 2 atom stereocenters. The summed E-state index contributed by atoms with van der Waals surface area (Å²) < 4.78 is 0. The van der Waals surface area contributed by atoms with E-state index >= 15 is 0 Å². The standard InChI is InChI=1S/C16H22BNO2/c1-11(9-18-13(3)20)6-15-5-4-14(12(2)8-17)7-16(15)10-19/h4-5,7,10-12H,6,8-9H2,1-3H3,(H,18,20)/t11?,12-/m0/s1. The zero-order valence-corrected chi connectivity index (χ0v) is 12.5. The number of carbonyl (C=O) groups excluding carboxylic acids is 2. The summed E-state index contributed by atoms with van der Waals surface area (Å²) >= 11 is 0. The smallest absolute Gasteiger partial charge is 0.216 e. The van der Waals surface area contributed by atoms with Gasteiger partial charge in [-0.3, -0.25) is 9.59 Å². The maximum atomic E-state index is 11.2. The van der Waals surface area contributed by atoms with E-state index in [-0.39, 0.29) is 17.7 Å². The minimum Gasteiger partial charge on any atom is -0.356 e. The van der Waals surface area contributed by atoms with Crippen molar-refractivity contribution < 1.29 is 9.59 Å². The van der Waals surface area contributed by atoms with Gasteiger partial charge in [0.15, 0.2) is 0 Å². The van der Waals surface area contributed by atoms with Crippen LogP contribution in [0, 0.1) is 5.92 Å². The van der Waals surface area contributed by atoms with Crippen molar-refractivity contribution in [3.05, 3.63) is 34.9 Å². The van der Waals surface area contributed by atoms with E-state index in [9.17, 15) is 9.59 Å². The van der Waals surface area contributed by atoms with Crippen molar-refractivity contribution in [1.29, 1.82) is 0 Å². The van der Waals surface area contributed by atoms with E-state index in [0.717, 1.165) is 29.4 Å². The van der Waals surface area contributed by atoms with Gasteiger partial charge in [-0.2, -0.15) is 0 Å². The minimum absolute atomic E-state index is 0.0282. The highest BCUT2D eigenvalue weighted by molar-refractivity contribution is 6.09. The van der Waals surface area contributed by atoms with Crippen molar-refractivity contribution in [2.45, 2.75) is 39.4 Å². The lowest BCUT2D eigenvalue weighted by Crippen LogP contribution is -2.26. The highest BCUT2D eigenvalue weighted by Gasteiger charge is 2.11.